The molecule has 5 nitrogen and oxygen atoms in total. The molecule has 0 aliphatic heterocycles. The van der Waals surface area contributed by atoms with Crippen molar-refractivity contribution in [1.29, 1.82) is 0 Å². The van der Waals surface area contributed by atoms with Gasteiger partial charge >= 0.3 is 0 Å². The molecule has 0 amide bonds. The van der Waals surface area contributed by atoms with Gasteiger partial charge in [0.2, 0.25) is 0 Å². The molecule has 0 unspecified atom stereocenters. The van der Waals surface area contributed by atoms with Crippen LogP contribution in [-0.4, -0.2) is 36.8 Å². The average Bonchev–Trinajstić information content (AvgIpc) is 2.99. The first-order valence-corrected chi connectivity index (χ1v) is 8.00. The average molecular weight is 306 g/mol. The molecule has 114 valence electrons. The Bertz CT molecular complexity index is 517. The molecule has 0 bridgehead atoms. The molecule has 1 N–H and O–H groups in total. The van der Waals surface area contributed by atoms with Crippen molar-refractivity contribution in [1.82, 2.24) is 15.3 Å². The van der Waals surface area contributed by atoms with Crippen molar-refractivity contribution in [3.63, 3.8) is 0 Å². The van der Waals surface area contributed by atoms with E-state index in [1.54, 1.807) is 18.4 Å². The van der Waals surface area contributed by atoms with Crippen molar-refractivity contribution in [3.05, 3.63) is 41.2 Å². The van der Waals surface area contributed by atoms with Gasteiger partial charge in [-0.25, -0.2) is 4.98 Å². The van der Waals surface area contributed by atoms with Crippen LogP contribution in [0.2, 0.25) is 0 Å². The van der Waals surface area contributed by atoms with Gasteiger partial charge in [0, 0.05) is 38.3 Å². The lowest BCUT2D eigenvalue weighted by Gasteiger charge is -2.19. The maximum atomic E-state index is 5.01. The van der Waals surface area contributed by atoms with Gasteiger partial charge in [-0.05, 0) is 19.1 Å². The summed E-state index contributed by atoms with van der Waals surface area (Å²) >= 11 is 1.68. The highest BCUT2D eigenvalue weighted by Crippen LogP contribution is 2.21. The summed E-state index contributed by atoms with van der Waals surface area (Å²) in [5.41, 5.74) is 2.14. The van der Waals surface area contributed by atoms with Crippen LogP contribution < -0.4 is 10.2 Å². The lowest BCUT2D eigenvalue weighted by atomic mass is 10.3. The number of rotatable bonds is 9. The SMILES string of the molecule is CCN(Cc1ccccn1)c1nc(CNCCOC)cs1. The first-order chi connectivity index (χ1) is 10.3. The standard InChI is InChI=1S/C15H22N4OS/c1-3-19(11-13-6-4-5-7-17-13)15-18-14(12-21-15)10-16-8-9-20-2/h4-7,12,16H,3,8-11H2,1-2H3. The predicted octanol–water partition coefficient (Wildman–Crippen LogP) is 2.30. The van der Waals surface area contributed by atoms with Crippen LogP contribution in [-0.2, 0) is 17.8 Å². The molecule has 0 aromatic carbocycles. The molecular formula is C15H22N4OS. The number of hydrogen-bond acceptors (Lipinski definition) is 6. The Morgan fingerprint density at radius 3 is 2.95 bits per heavy atom. The van der Waals surface area contributed by atoms with E-state index in [0.717, 1.165) is 49.3 Å². The molecule has 0 aliphatic rings. The number of ether oxygens (including phenoxy) is 1. The zero-order valence-corrected chi connectivity index (χ0v) is 13.4. The third-order valence-electron chi connectivity index (χ3n) is 3.06. The van der Waals surface area contributed by atoms with Crippen molar-refractivity contribution in [3.8, 4) is 0 Å². The summed E-state index contributed by atoms with van der Waals surface area (Å²) in [7, 11) is 1.71. The van der Waals surface area contributed by atoms with Gasteiger partial charge in [-0.15, -0.1) is 11.3 Å². The van der Waals surface area contributed by atoms with E-state index >= 15 is 0 Å². The highest BCUT2D eigenvalue weighted by Gasteiger charge is 2.10. The van der Waals surface area contributed by atoms with Crippen molar-refractivity contribution >= 4 is 16.5 Å². The summed E-state index contributed by atoms with van der Waals surface area (Å²) < 4.78 is 5.01. The van der Waals surface area contributed by atoms with Gasteiger partial charge in [0.05, 0.1) is 24.5 Å². The molecule has 2 heterocycles. The third kappa shape index (κ3) is 5.08. The monoisotopic (exact) mass is 306 g/mol. The quantitative estimate of drug-likeness (QED) is 0.720. The number of nitrogens with one attached hydrogen (secondary N) is 1. The van der Waals surface area contributed by atoms with Crippen LogP contribution in [0.1, 0.15) is 18.3 Å². The van der Waals surface area contributed by atoms with Crippen molar-refractivity contribution in [2.75, 3.05) is 31.7 Å². The molecule has 21 heavy (non-hydrogen) atoms. The van der Waals surface area contributed by atoms with Gasteiger partial charge in [-0.3, -0.25) is 4.98 Å². The molecule has 0 atom stereocenters. The molecule has 2 rings (SSSR count). The van der Waals surface area contributed by atoms with E-state index in [1.807, 2.05) is 24.4 Å². The fraction of sp³-hybridized carbons (Fsp3) is 0.467. The lowest BCUT2D eigenvalue weighted by molar-refractivity contribution is 0.199. The zero-order valence-electron chi connectivity index (χ0n) is 12.6. The second-order valence-electron chi connectivity index (χ2n) is 4.63. The summed E-state index contributed by atoms with van der Waals surface area (Å²) in [4.78, 5) is 11.3. The van der Waals surface area contributed by atoms with Gasteiger partial charge in [0.15, 0.2) is 5.13 Å². The highest BCUT2D eigenvalue weighted by atomic mass is 32.1. The van der Waals surface area contributed by atoms with Gasteiger partial charge < -0.3 is 15.0 Å². The number of methoxy groups -OCH3 is 1. The number of anilines is 1. The molecule has 0 saturated carbocycles. The van der Waals surface area contributed by atoms with Gasteiger partial charge in [0.25, 0.3) is 0 Å². The summed E-state index contributed by atoms with van der Waals surface area (Å²) in [5.74, 6) is 0. The summed E-state index contributed by atoms with van der Waals surface area (Å²) in [5, 5.41) is 6.47. The Hall–Kier alpha value is -1.50. The van der Waals surface area contributed by atoms with E-state index < -0.39 is 0 Å². The first kappa shape index (κ1) is 15.9. The minimum Gasteiger partial charge on any atom is -0.383 e. The van der Waals surface area contributed by atoms with Crippen molar-refractivity contribution in [2.45, 2.75) is 20.0 Å². The normalized spacial score (nSPS) is 10.8. The number of thiazole rings is 1. The minimum absolute atomic E-state index is 0.720. The predicted molar refractivity (Wildman–Crippen MR) is 86.7 cm³/mol. The van der Waals surface area contributed by atoms with Gasteiger partial charge in [-0.2, -0.15) is 0 Å². The molecule has 0 radical (unpaired) electrons. The van der Waals surface area contributed by atoms with Crippen LogP contribution >= 0.6 is 11.3 Å². The van der Waals surface area contributed by atoms with Crippen LogP contribution in [0, 0.1) is 0 Å². The summed E-state index contributed by atoms with van der Waals surface area (Å²) in [6, 6.07) is 6.00. The minimum atomic E-state index is 0.720. The zero-order chi connectivity index (χ0) is 14.9. The Labute approximate surface area is 130 Å². The number of aromatic nitrogens is 2. The number of pyridine rings is 1. The third-order valence-corrected chi connectivity index (χ3v) is 4.01. The van der Waals surface area contributed by atoms with E-state index in [4.69, 9.17) is 4.74 Å². The summed E-state index contributed by atoms with van der Waals surface area (Å²) in [6.07, 6.45) is 1.83. The van der Waals surface area contributed by atoms with Crippen LogP contribution in [0.5, 0.6) is 0 Å². The van der Waals surface area contributed by atoms with E-state index in [-0.39, 0.29) is 0 Å². The van der Waals surface area contributed by atoms with E-state index in [0.29, 0.717) is 0 Å². The second kappa shape index (κ2) is 8.71. The van der Waals surface area contributed by atoms with Gasteiger partial charge in [-0.1, -0.05) is 6.07 Å². The fourth-order valence-electron chi connectivity index (χ4n) is 1.92. The van der Waals surface area contributed by atoms with Crippen molar-refractivity contribution in [2.24, 2.45) is 0 Å². The largest absolute Gasteiger partial charge is 0.383 e. The molecule has 0 fully saturated rings. The van der Waals surface area contributed by atoms with Crippen LogP contribution in [0.3, 0.4) is 0 Å². The maximum absolute atomic E-state index is 5.01. The first-order valence-electron chi connectivity index (χ1n) is 7.12. The van der Waals surface area contributed by atoms with Crippen LogP contribution in [0.15, 0.2) is 29.8 Å². The molecule has 6 heteroatoms. The summed E-state index contributed by atoms with van der Waals surface area (Å²) in [6.45, 7) is 6.19. The van der Waals surface area contributed by atoms with Crippen molar-refractivity contribution < 1.29 is 4.74 Å². The molecular weight excluding hydrogens is 284 g/mol. The Morgan fingerprint density at radius 2 is 2.24 bits per heavy atom. The Morgan fingerprint density at radius 1 is 1.33 bits per heavy atom. The lowest BCUT2D eigenvalue weighted by Crippen LogP contribution is -2.23. The fourth-order valence-corrected chi connectivity index (χ4v) is 2.81. The number of nitrogens with zero attached hydrogens (tertiary/aromatic N) is 3. The molecule has 2 aromatic heterocycles. The molecule has 0 spiro atoms. The van der Waals surface area contributed by atoms with Gasteiger partial charge in [0.1, 0.15) is 0 Å². The topological polar surface area (TPSA) is 50.3 Å². The Kier molecular flexibility index (Phi) is 6.59. The smallest absolute Gasteiger partial charge is 0.185 e. The van der Waals surface area contributed by atoms with E-state index in [9.17, 15) is 0 Å². The highest BCUT2D eigenvalue weighted by molar-refractivity contribution is 7.13. The molecule has 0 aliphatic carbocycles. The van der Waals surface area contributed by atoms with Crippen LogP contribution in [0.25, 0.3) is 0 Å². The van der Waals surface area contributed by atoms with E-state index in [2.05, 4.69) is 32.5 Å². The molecule has 0 saturated heterocycles. The van der Waals surface area contributed by atoms with E-state index in [1.165, 1.54) is 0 Å². The Balaban J connectivity index is 1.91. The second-order valence-corrected chi connectivity index (χ2v) is 5.46. The molecule has 2 aromatic rings. The maximum Gasteiger partial charge on any atom is 0.185 e. The van der Waals surface area contributed by atoms with Crippen LogP contribution in [0.4, 0.5) is 5.13 Å². The number of hydrogen-bond donors (Lipinski definition) is 1.